The molecule has 4 N–H and O–H groups in total. The zero-order chi connectivity index (χ0) is 32.7. The van der Waals surface area contributed by atoms with Gasteiger partial charge in [0.25, 0.3) is 5.91 Å². The number of carbonyl (C=O) groups is 3. The molecule has 0 aliphatic heterocycles. The number of benzene rings is 3. The normalized spacial score (nSPS) is 11.8. The fourth-order valence-electron chi connectivity index (χ4n) is 4.28. The summed E-state index contributed by atoms with van der Waals surface area (Å²) in [5.41, 5.74) is 7.36. The lowest BCUT2D eigenvalue weighted by Crippen LogP contribution is -2.50. The molecule has 0 radical (unpaired) electrons. The second-order valence-corrected chi connectivity index (χ2v) is 11.0. The molecule has 13 nitrogen and oxygen atoms in total. The zero-order valence-electron chi connectivity index (χ0n) is 26.0. The summed E-state index contributed by atoms with van der Waals surface area (Å²) in [6.45, 7) is 4.79. The fourth-order valence-corrected chi connectivity index (χ4v) is 4.28. The number of aryl methyl sites for hydroxylation is 1. The van der Waals surface area contributed by atoms with Gasteiger partial charge < -0.3 is 44.6 Å². The van der Waals surface area contributed by atoms with E-state index in [4.69, 9.17) is 29.4 Å². The quantitative estimate of drug-likeness (QED) is 0.206. The summed E-state index contributed by atoms with van der Waals surface area (Å²) in [7, 11) is 4.64. The van der Waals surface area contributed by atoms with Gasteiger partial charge in [-0.3, -0.25) is 4.79 Å². The number of esters is 1. The molecule has 45 heavy (non-hydrogen) atoms. The minimum atomic E-state index is -1.24. The molecule has 0 aliphatic carbocycles. The third kappa shape index (κ3) is 8.13. The SMILES string of the molecule is COc1cc(C(=O)NC[C@H](NC(=O)OCc2ccccc2)C(=O)OC(C)(C)C)cc(OC)c1Oc1cccc2c1nc(N)n2C. The molecule has 1 atom stereocenters. The molecule has 4 aromatic rings. The van der Waals surface area contributed by atoms with Crippen molar-refractivity contribution < 1.29 is 38.1 Å². The maximum atomic E-state index is 13.3. The molecule has 0 spiro atoms. The zero-order valence-corrected chi connectivity index (χ0v) is 26.0. The van der Waals surface area contributed by atoms with Gasteiger partial charge in [0.15, 0.2) is 17.2 Å². The summed E-state index contributed by atoms with van der Waals surface area (Å²) in [5, 5.41) is 5.14. The fraction of sp³-hybridized carbons (Fsp3) is 0.312. The highest BCUT2D eigenvalue weighted by atomic mass is 16.6. The van der Waals surface area contributed by atoms with Crippen LogP contribution in [0.3, 0.4) is 0 Å². The molecule has 1 aromatic heterocycles. The van der Waals surface area contributed by atoms with E-state index in [1.54, 1.807) is 56.7 Å². The topological polar surface area (TPSA) is 165 Å². The number of imidazole rings is 1. The van der Waals surface area contributed by atoms with Crippen molar-refractivity contribution in [3.8, 4) is 23.0 Å². The molecule has 0 saturated heterocycles. The van der Waals surface area contributed by atoms with E-state index in [0.717, 1.165) is 11.1 Å². The highest BCUT2D eigenvalue weighted by molar-refractivity contribution is 5.96. The minimum Gasteiger partial charge on any atom is -0.493 e. The van der Waals surface area contributed by atoms with E-state index in [1.165, 1.54) is 26.4 Å². The Labute approximate surface area is 260 Å². The van der Waals surface area contributed by atoms with Crippen molar-refractivity contribution in [2.45, 2.75) is 39.0 Å². The Morgan fingerprint density at radius 2 is 1.62 bits per heavy atom. The number of alkyl carbamates (subject to hydrolysis) is 1. The van der Waals surface area contributed by atoms with Crippen LogP contribution in [0.15, 0.2) is 60.7 Å². The lowest BCUT2D eigenvalue weighted by molar-refractivity contribution is -0.157. The van der Waals surface area contributed by atoms with Gasteiger partial charge in [-0.2, -0.15) is 0 Å². The van der Waals surface area contributed by atoms with Gasteiger partial charge in [0, 0.05) is 19.2 Å². The molecule has 238 valence electrons. The molecule has 0 fully saturated rings. The average molecular weight is 620 g/mol. The molecular formula is C32H37N5O8. The number of nitrogens with zero attached hydrogens (tertiary/aromatic N) is 2. The predicted octanol–water partition coefficient (Wildman–Crippen LogP) is 4.33. The number of methoxy groups -OCH3 is 2. The van der Waals surface area contributed by atoms with Crippen LogP contribution in [0.1, 0.15) is 36.7 Å². The van der Waals surface area contributed by atoms with Gasteiger partial charge in [-0.05, 0) is 50.6 Å². The van der Waals surface area contributed by atoms with Crippen LogP contribution in [-0.2, 0) is 27.9 Å². The number of hydrogen-bond donors (Lipinski definition) is 3. The van der Waals surface area contributed by atoms with E-state index in [9.17, 15) is 14.4 Å². The Kier molecular flexibility index (Phi) is 10.0. The first-order valence-electron chi connectivity index (χ1n) is 14.0. The monoisotopic (exact) mass is 619 g/mol. The smallest absolute Gasteiger partial charge is 0.408 e. The van der Waals surface area contributed by atoms with Gasteiger partial charge in [0.1, 0.15) is 23.8 Å². The average Bonchev–Trinajstić information content (AvgIpc) is 3.31. The Bertz CT molecular complexity index is 1660. The van der Waals surface area contributed by atoms with Crippen molar-refractivity contribution >= 4 is 35.0 Å². The molecule has 2 amide bonds. The van der Waals surface area contributed by atoms with Gasteiger partial charge in [-0.1, -0.05) is 36.4 Å². The molecular weight excluding hydrogens is 582 g/mol. The second kappa shape index (κ2) is 13.9. The van der Waals surface area contributed by atoms with Crippen LogP contribution in [0.25, 0.3) is 11.0 Å². The number of nitrogens with one attached hydrogen (secondary N) is 2. The van der Waals surface area contributed by atoms with Crippen LogP contribution < -0.4 is 30.6 Å². The van der Waals surface area contributed by atoms with E-state index >= 15 is 0 Å². The lowest BCUT2D eigenvalue weighted by Gasteiger charge is -2.24. The van der Waals surface area contributed by atoms with E-state index in [1.807, 2.05) is 24.3 Å². The molecule has 3 aromatic carbocycles. The maximum Gasteiger partial charge on any atom is 0.408 e. The van der Waals surface area contributed by atoms with E-state index in [2.05, 4.69) is 15.6 Å². The van der Waals surface area contributed by atoms with E-state index < -0.39 is 29.6 Å². The second-order valence-electron chi connectivity index (χ2n) is 11.0. The van der Waals surface area contributed by atoms with Crippen LogP contribution in [-0.4, -0.2) is 59.9 Å². The third-order valence-corrected chi connectivity index (χ3v) is 6.51. The number of fused-ring (bicyclic) bond motifs is 1. The molecule has 0 unspecified atom stereocenters. The van der Waals surface area contributed by atoms with Crippen molar-refractivity contribution in [2.24, 2.45) is 7.05 Å². The Balaban J connectivity index is 1.51. The van der Waals surface area contributed by atoms with Crippen LogP contribution >= 0.6 is 0 Å². The van der Waals surface area contributed by atoms with Gasteiger partial charge >= 0.3 is 12.1 Å². The number of amides is 2. The summed E-state index contributed by atoms with van der Waals surface area (Å²) in [6, 6.07) is 16.1. The first-order valence-corrected chi connectivity index (χ1v) is 14.0. The van der Waals surface area contributed by atoms with Crippen molar-refractivity contribution in [2.75, 3.05) is 26.5 Å². The number of anilines is 1. The molecule has 4 rings (SSSR count). The number of carbonyl (C=O) groups excluding carboxylic acids is 3. The molecule has 1 heterocycles. The van der Waals surface area contributed by atoms with Crippen molar-refractivity contribution in [3.63, 3.8) is 0 Å². The Hall–Kier alpha value is -5.46. The number of para-hydroxylation sites is 1. The first-order chi connectivity index (χ1) is 21.4. The number of rotatable bonds is 11. The standard InChI is InChI=1S/C32H37N5O8/c1-32(2,3)45-29(39)21(35-31(40)43-18-19-11-8-7-9-12-19)17-34-28(38)20-15-24(41-5)27(25(16-20)42-6)44-23-14-10-13-22-26(23)36-30(33)37(22)4/h7-16,21H,17-18H2,1-6H3,(H2,33,36)(H,34,38)(H,35,40)/t21-/m0/s1. The molecule has 13 heteroatoms. The summed E-state index contributed by atoms with van der Waals surface area (Å²) in [4.78, 5) is 43.2. The number of nitrogen functional groups attached to an aromatic ring is 1. The van der Waals surface area contributed by atoms with Crippen LogP contribution in [0.4, 0.5) is 10.7 Å². The molecule has 0 saturated carbocycles. The number of aromatic nitrogens is 2. The van der Waals surface area contributed by atoms with Gasteiger partial charge in [-0.25, -0.2) is 14.6 Å². The van der Waals surface area contributed by atoms with Crippen molar-refractivity contribution in [1.82, 2.24) is 20.2 Å². The Morgan fingerprint density at radius 1 is 0.956 bits per heavy atom. The lowest BCUT2D eigenvalue weighted by atomic mass is 10.1. The summed E-state index contributed by atoms with van der Waals surface area (Å²) < 4.78 is 29.7. The number of ether oxygens (including phenoxy) is 5. The van der Waals surface area contributed by atoms with Gasteiger partial charge in [0.05, 0.1) is 19.7 Å². The number of nitrogens with two attached hydrogens (primary N) is 1. The number of hydrogen-bond acceptors (Lipinski definition) is 10. The van der Waals surface area contributed by atoms with Crippen LogP contribution in [0.2, 0.25) is 0 Å². The Morgan fingerprint density at radius 3 is 2.24 bits per heavy atom. The first kappa shape index (κ1) is 32.5. The predicted molar refractivity (Wildman–Crippen MR) is 166 cm³/mol. The molecule has 0 aliphatic rings. The van der Waals surface area contributed by atoms with Crippen LogP contribution in [0.5, 0.6) is 23.0 Å². The van der Waals surface area contributed by atoms with Gasteiger partial charge in [-0.15, -0.1) is 0 Å². The summed E-state index contributed by atoms with van der Waals surface area (Å²) in [5.74, 6) is 0.00397. The third-order valence-electron chi connectivity index (χ3n) is 6.51. The highest BCUT2D eigenvalue weighted by Crippen LogP contribution is 2.43. The van der Waals surface area contributed by atoms with E-state index in [0.29, 0.717) is 17.2 Å². The van der Waals surface area contributed by atoms with Crippen molar-refractivity contribution in [1.29, 1.82) is 0 Å². The summed E-state index contributed by atoms with van der Waals surface area (Å²) in [6.07, 6.45) is -0.849. The van der Waals surface area contributed by atoms with Crippen molar-refractivity contribution in [3.05, 3.63) is 71.8 Å². The molecule has 0 bridgehead atoms. The van der Waals surface area contributed by atoms with Crippen LogP contribution in [0, 0.1) is 0 Å². The minimum absolute atomic E-state index is 0.00367. The van der Waals surface area contributed by atoms with Gasteiger partial charge in [0.2, 0.25) is 11.7 Å². The van der Waals surface area contributed by atoms with E-state index in [-0.39, 0.29) is 36.0 Å². The highest BCUT2D eigenvalue weighted by Gasteiger charge is 2.28. The maximum absolute atomic E-state index is 13.3. The largest absolute Gasteiger partial charge is 0.493 e. The summed E-state index contributed by atoms with van der Waals surface area (Å²) >= 11 is 0.